The number of halogens is 2. The molecule has 0 amide bonds. The third kappa shape index (κ3) is 3.22. The van der Waals surface area contributed by atoms with E-state index in [0.29, 0.717) is 5.56 Å². The van der Waals surface area contributed by atoms with Crippen LogP contribution in [0.25, 0.3) is 0 Å². The van der Waals surface area contributed by atoms with E-state index in [1.165, 1.54) is 26.0 Å². The summed E-state index contributed by atoms with van der Waals surface area (Å²) >= 11 is 5.84. The lowest BCUT2D eigenvalue weighted by molar-refractivity contribution is 0.138. The molecule has 1 atom stereocenters. The SMILES string of the molecule is CC(C)(C(O)Cc1ccc(F)cc1Cl)S(C)(=O)=O. The van der Waals surface area contributed by atoms with Crippen LogP contribution in [0.2, 0.25) is 5.02 Å². The Morgan fingerprint density at radius 2 is 2.00 bits per heavy atom. The summed E-state index contributed by atoms with van der Waals surface area (Å²) in [5.41, 5.74) is 0.516. The predicted octanol–water partition coefficient (Wildman–Crippen LogP) is 2.21. The number of aliphatic hydroxyl groups is 1. The van der Waals surface area contributed by atoms with E-state index < -0.39 is 26.5 Å². The summed E-state index contributed by atoms with van der Waals surface area (Å²) in [5, 5.41) is 10.2. The second kappa shape index (κ2) is 5.15. The van der Waals surface area contributed by atoms with Crippen LogP contribution in [0, 0.1) is 5.82 Å². The highest BCUT2D eigenvalue weighted by molar-refractivity contribution is 7.92. The standard InChI is InChI=1S/C12H16ClFO3S/c1-12(2,18(3,16)17)11(15)6-8-4-5-9(14)7-10(8)13/h4-5,7,11,15H,6H2,1-3H3. The normalized spacial score (nSPS) is 14.6. The molecule has 6 heteroatoms. The van der Waals surface area contributed by atoms with Crippen LogP contribution in [-0.4, -0.2) is 30.6 Å². The zero-order valence-electron chi connectivity index (χ0n) is 10.4. The average molecular weight is 295 g/mol. The third-order valence-corrected chi connectivity index (χ3v) is 5.72. The zero-order chi connectivity index (χ0) is 14.1. The Bertz CT molecular complexity index is 540. The first-order valence-corrected chi connectivity index (χ1v) is 7.64. The van der Waals surface area contributed by atoms with Gasteiger partial charge in [0, 0.05) is 17.7 Å². The van der Waals surface area contributed by atoms with Crippen LogP contribution in [0.15, 0.2) is 18.2 Å². The van der Waals surface area contributed by atoms with Crippen molar-refractivity contribution in [3.05, 3.63) is 34.6 Å². The molecule has 0 aromatic heterocycles. The molecule has 3 nitrogen and oxygen atoms in total. The molecular weight excluding hydrogens is 279 g/mol. The highest BCUT2D eigenvalue weighted by Crippen LogP contribution is 2.26. The van der Waals surface area contributed by atoms with Gasteiger partial charge >= 0.3 is 0 Å². The maximum Gasteiger partial charge on any atom is 0.155 e. The highest BCUT2D eigenvalue weighted by atomic mass is 35.5. The van der Waals surface area contributed by atoms with Gasteiger partial charge in [-0.25, -0.2) is 12.8 Å². The Kier molecular flexibility index (Phi) is 4.41. The minimum absolute atomic E-state index is 0.0547. The molecule has 0 aliphatic heterocycles. The first-order chi connectivity index (χ1) is 8.05. The fraction of sp³-hybridized carbons (Fsp3) is 0.500. The summed E-state index contributed by atoms with van der Waals surface area (Å²) in [5.74, 6) is -0.472. The van der Waals surface area contributed by atoms with Crippen LogP contribution in [0.4, 0.5) is 4.39 Å². The van der Waals surface area contributed by atoms with Gasteiger partial charge in [-0.1, -0.05) is 17.7 Å². The van der Waals surface area contributed by atoms with Gasteiger partial charge in [-0.15, -0.1) is 0 Å². The van der Waals surface area contributed by atoms with Crippen LogP contribution >= 0.6 is 11.6 Å². The topological polar surface area (TPSA) is 54.4 Å². The molecule has 102 valence electrons. The van der Waals surface area contributed by atoms with Gasteiger partial charge in [0.1, 0.15) is 5.82 Å². The van der Waals surface area contributed by atoms with Crippen LogP contribution < -0.4 is 0 Å². The summed E-state index contributed by atoms with van der Waals surface area (Å²) in [4.78, 5) is 0. The second-order valence-corrected chi connectivity index (χ2v) is 7.83. The summed E-state index contributed by atoms with van der Waals surface area (Å²) in [6.07, 6.45) is 0.0113. The lowest BCUT2D eigenvalue weighted by Gasteiger charge is -2.28. The molecule has 1 rings (SSSR count). The van der Waals surface area contributed by atoms with Gasteiger partial charge in [0.2, 0.25) is 0 Å². The molecule has 0 bridgehead atoms. The van der Waals surface area contributed by atoms with Crippen molar-refractivity contribution in [2.75, 3.05) is 6.26 Å². The van der Waals surface area contributed by atoms with Gasteiger partial charge in [-0.2, -0.15) is 0 Å². The minimum atomic E-state index is -3.41. The van der Waals surface area contributed by atoms with Crippen molar-refractivity contribution in [3.8, 4) is 0 Å². The molecule has 1 N–H and O–H groups in total. The molecule has 0 spiro atoms. The molecule has 0 fully saturated rings. The Labute approximate surface area is 112 Å². The van der Waals surface area contributed by atoms with E-state index in [-0.39, 0.29) is 11.4 Å². The van der Waals surface area contributed by atoms with Crippen LogP contribution in [-0.2, 0) is 16.3 Å². The number of sulfone groups is 1. The number of hydrogen-bond donors (Lipinski definition) is 1. The number of rotatable bonds is 4. The lowest BCUT2D eigenvalue weighted by atomic mass is 9.98. The Hall–Kier alpha value is -0.650. The minimum Gasteiger partial charge on any atom is -0.391 e. The van der Waals surface area contributed by atoms with Crippen LogP contribution in [0.5, 0.6) is 0 Å². The van der Waals surface area contributed by atoms with E-state index in [0.717, 1.165) is 12.3 Å². The van der Waals surface area contributed by atoms with Gasteiger partial charge in [-0.05, 0) is 31.5 Å². The maximum atomic E-state index is 12.9. The van der Waals surface area contributed by atoms with E-state index in [1.54, 1.807) is 0 Å². The molecule has 0 radical (unpaired) electrons. The molecule has 0 aliphatic carbocycles. The van der Waals surface area contributed by atoms with Crippen molar-refractivity contribution in [2.24, 2.45) is 0 Å². The monoisotopic (exact) mass is 294 g/mol. The second-order valence-electron chi connectivity index (χ2n) is 4.83. The summed E-state index contributed by atoms with van der Waals surface area (Å²) < 4.78 is 34.7. The number of hydrogen-bond acceptors (Lipinski definition) is 3. The Morgan fingerprint density at radius 3 is 2.44 bits per heavy atom. The van der Waals surface area contributed by atoms with Gasteiger partial charge in [-0.3, -0.25) is 0 Å². The fourth-order valence-electron chi connectivity index (χ4n) is 1.39. The van der Waals surface area contributed by atoms with Crippen molar-refractivity contribution in [2.45, 2.75) is 31.1 Å². The largest absolute Gasteiger partial charge is 0.391 e. The van der Waals surface area contributed by atoms with Crippen LogP contribution in [0.1, 0.15) is 19.4 Å². The van der Waals surface area contributed by atoms with Gasteiger partial charge in [0.15, 0.2) is 9.84 Å². The Balaban J connectivity index is 2.98. The first kappa shape index (κ1) is 15.4. The third-order valence-electron chi connectivity index (χ3n) is 3.19. The maximum absolute atomic E-state index is 12.9. The molecule has 0 aliphatic rings. The van der Waals surface area contributed by atoms with Crippen molar-refractivity contribution in [1.29, 1.82) is 0 Å². The van der Waals surface area contributed by atoms with Gasteiger partial charge in [0.05, 0.1) is 10.9 Å². The first-order valence-electron chi connectivity index (χ1n) is 5.37. The van der Waals surface area contributed by atoms with E-state index in [9.17, 15) is 17.9 Å². The van der Waals surface area contributed by atoms with Crippen molar-refractivity contribution in [3.63, 3.8) is 0 Å². The number of benzene rings is 1. The summed E-state index contributed by atoms with van der Waals surface area (Å²) in [6, 6.07) is 3.80. The fourth-order valence-corrected chi connectivity index (χ4v) is 2.21. The van der Waals surface area contributed by atoms with Gasteiger partial charge < -0.3 is 5.11 Å². The molecular formula is C12H16ClFO3S. The number of aliphatic hydroxyl groups excluding tert-OH is 1. The van der Waals surface area contributed by atoms with Gasteiger partial charge in [0.25, 0.3) is 0 Å². The van der Waals surface area contributed by atoms with Crippen molar-refractivity contribution in [1.82, 2.24) is 0 Å². The summed E-state index contributed by atoms with van der Waals surface area (Å²) in [6.45, 7) is 2.90. The summed E-state index contributed by atoms with van der Waals surface area (Å²) in [7, 11) is -3.41. The van der Waals surface area contributed by atoms with E-state index in [2.05, 4.69) is 0 Å². The predicted molar refractivity (Wildman–Crippen MR) is 70.0 cm³/mol. The average Bonchev–Trinajstić information content (AvgIpc) is 2.20. The molecule has 18 heavy (non-hydrogen) atoms. The molecule has 1 aromatic rings. The Morgan fingerprint density at radius 1 is 1.44 bits per heavy atom. The van der Waals surface area contributed by atoms with E-state index in [4.69, 9.17) is 11.6 Å². The lowest BCUT2D eigenvalue weighted by Crippen LogP contribution is -2.44. The van der Waals surface area contributed by atoms with E-state index >= 15 is 0 Å². The van der Waals surface area contributed by atoms with Crippen molar-refractivity contribution >= 4 is 21.4 Å². The zero-order valence-corrected chi connectivity index (χ0v) is 12.0. The molecule has 0 saturated carbocycles. The molecule has 1 aromatic carbocycles. The van der Waals surface area contributed by atoms with E-state index in [1.807, 2.05) is 0 Å². The van der Waals surface area contributed by atoms with Crippen LogP contribution in [0.3, 0.4) is 0 Å². The highest BCUT2D eigenvalue weighted by Gasteiger charge is 2.38. The van der Waals surface area contributed by atoms with Crippen molar-refractivity contribution < 1.29 is 17.9 Å². The molecule has 1 unspecified atom stereocenters. The quantitative estimate of drug-likeness (QED) is 0.926. The smallest absolute Gasteiger partial charge is 0.155 e. The molecule has 0 saturated heterocycles. The molecule has 0 heterocycles.